The van der Waals surface area contributed by atoms with E-state index in [1.807, 2.05) is 18.2 Å². The number of likely N-dealkylation sites (tertiary alicyclic amines) is 1. The number of fused-ring (bicyclic) bond motifs is 1. The number of hydrogen-bond acceptors (Lipinski definition) is 16. The number of nitrogens with zero attached hydrogens (tertiary/aromatic N) is 9. The van der Waals surface area contributed by atoms with E-state index >= 15 is 0 Å². The van der Waals surface area contributed by atoms with Crippen LogP contribution in [-0.4, -0.2) is 172 Å². The van der Waals surface area contributed by atoms with E-state index in [1.165, 1.54) is 17.5 Å². The van der Waals surface area contributed by atoms with Gasteiger partial charge in [-0.15, -0.1) is 0 Å². The number of carbonyl (C=O) groups is 5. The van der Waals surface area contributed by atoms with E-state index in [0.717, 1.165) is 133 Å². The van der Waals surface area contributed by atoms with Gasteiger partial charge in [0.2, 0.25) is 33.7 Å². The Morgan fingerprint density at radius 2 is 1.45 bits per heavy atom. The van der Waals surface area contributed by atoms with E-state index < -0.39 is 39.7 Å². The maximum Gasteiger partial charge on any atom is 0.262 e. The van der Waals surface area contributed by atoms with Crippen molar-refractivity contribution in [3.63, 3.8) is 0 Å². The van der Waals surface area contributed by atoms with Gasteiger partial charge in [-0.3, -0.25) is 43.4 Å². The molecule has 6 aliphatic heterocycles. The summed E-state index contributed by atoms with van der Waals surface area (Å²) in [5.41, 5.74) is 4.17. The van der Waals surface area contributed by atoms with E-state index in [4.69, 9.17) is 16.3 Å². The molecule has 0 saturated carbocycles. The molecular formula is C53H65ClN12O8S. The summed E-state index contributed by atoms with van der Waals surface area (Å²) in [4.78, 5) is 86.4. The van der Waals surface area contributed by atoms with E-state index in [2.05, 4.69) is 56.5 Å². The number of sulfonamides is 1. The molecule has 1 atom stereocenters. The highest BCUT2D eigenvalue weighted by atomic mass is 35.5. The summed E-state index contributed by atoms with van der Waals surface area (Å²) in [7, 11) is -0.402. The Morgan fingerprint density at radius 1 is 0.787 bits per heavy atom. The molecule has 7 heterocycles. The minimum absolute atomic E-state index is 0.0657. The van der Waals surface area contributed by atoms with Gasteiger partial charge in [-0.1, -0.05) is 23.7 Å². The first kappa shape index (κ1) is 51.9. The van der Waals surface area contributed by atoms with Gasteiger partial charge < -0.3 is 35.0 Å². The zero-order chi connectivity index (χ0) is 52.5. The third kappa shape index (κ3) is 11.2. The molecule has 1 aromatic heterocycles. The van der Waals surface area contributed by atoms with Gasteiger partial charge in [0, 0.05) is 102 Å². The van der Waals surface area contributed by atoms with Crippen molar-refractivity contribution in [2.75, 3.05) is 117 Å². The van der Waals surface area contributed by atoms with Crippen LogP contribution in [0.5, 0.6) is 5.75 Å². The van der Waals surface area contributed by atoms with Crippen LogP contribution in [0, 0.1) is 11.8 Å². The molecule has 5 fully saturated rings. The van der Waals surface area contributed by atoms with Crippen molar-refractivity contribution >= 4 is 91.4 Å². The first-order valence-electron chi connectivity index (χ1n) is 26.0. The number of imide groups is 2. The summed E-state index contributed by atoms with van der Waals surface area (Å²) >= 11 is 6.50. The van der Waals surface area contributed by atoms with Crippen molar-refractivity contribution < 1.29 is 37.1 Å². The molecule has 3 N–H and O–H groups in total. The predicted octanol–water partition coefficient (Wildman–Crippen LogP) is 5.16. The van der Waals surface area contributed by atoms with Crippen LogP contribution in [0.15, 0.2) is 66.9 Å². The van der Waals surface area contributed by atoms with E-state index in [0.29, 0.717) is 57.6 Å². The number of ether oxygens (including phenoxy) is 1. The molecule has 0 bridgehead atoms. The van der Waals surface area contributed by atoms with Gasteiger partial charge in [0.15, 0.2) is 5.82 Å². The van der Waals surface area contributed by atoms with Crippen LogP contribution in [0.25, 0.3) is 0 Å². The first-order chi connectivity index (χ1) is 36.1. The number of carbonyl (C=O) groups excluding carboxylic acids is 5. The Hall–Kier alpha value is -6.55. The summed E-state index contributed by atoms with van der Waals surface area (Å²) in [5.74, 6) is 0.130. The second kappa shape index (κ2) is 22.0. The molecular weight excluding hydrogens is 1000 g/mol. The fourth-order valence-corrected chi connectivity index (χ4v) is 12.2. The molecule has 22 heteroatoms. The fourth-order valence-electron chi connectivity index (χ4n) is 11.6. The number of nitrogens with one attached hydrogen (secondary N) is 3. The average molecular weight is 1070 g/mol. The Labute approximate surface area is 442 Å². The largest absolute Gasteiger partial charge is 0.494 e. The minimum Gasteiger partial charge on any atom is -0.494 e. The molecule has 10 rings (SSSR count). The Bertz CT molecular complexity index is 2950. The molecule has 4 aromatic rings. The molecule has 0 radical (unpaired) electrons. The van der Waals surface area contributed by atoms with Gasteiger partial charge in [-0.2, -0.15) is 4.98 Å². The van der Waals surface area contributed by atoms with Gasteiger partial charge in [0.05, 0.1) is 47.8 Å². The standard InChI is InChI=1S/C53H65ClN12O8S/c1-60(75(3,72)73)44-7-5-4-6-42(44)56-48-41(54)32-55-53(59-48)57-43-11-9-38(31-46(43)74-2)63-24-18-36(19-25-63)64-26-28-65(29-27-64)50(69)35-16-20-61(21-17-35)33-34-14-22-62(23-15-34)37-8-10-39-40(30-37)52(71)66(51(39)70)45-12-13-47(67)58-49(45)68/h4-11,30-32,34-36,45H,12-29,33H2,1-3H3,(H,58,67,68)(H2,55,56,57,59). The first-order valence-corrected chi connectivity index (χ1v) is 28.2. The van der Waals surface area contributed by atoms with Crippen LogP contribution in [0.1, 0.15) is 72.1 Å². The molecule has 3 aromatic carbocycles. The van der Waals surface area contributed by atoms with Crippen LogP contribution < -0.4 is 34.8 Å². The highest BCUT2D eigenvalue weighted by molar-refractivity contribution is 7.92. The minimum atomic E-state index is -3.51. The van der Waals surface area contributed by atoms with Gasteiger partial charge in [-0.25, -0.2) is 13.4 Å². The number of piperidine rings is 4. The number of amides is 5. The Balaban J connectivity index is 0.642. The Kier molecular flexibility index (Phi) is 15.2. The second-order valence-corrected chi connectivity index (χ2v) is 23.0. The van der Waals surface area contributed by atoms with E-state index in [1.54, 1.807) is 43.5 Å². The number of halogens is 1. The number of benzene rings is 3. The smallest absolute Gasteiger partial charge is 0.262 e. The quantitative estimate of drug-likeness (QED) is 0.139. The Morgan fingerprint density at radius 3 is 2.15 bits per heavy atom. The lowest BCUT2D eigenvalue weighted by atomic mass is 9.91. The number of hydrogen-bond donors (Lipinski definition) is 3. The SMILES string of the molecule is COc1cc(N2CCC(N3CCN(C(=O)C4CCN(CC5CCN(c6ccc7c(c6)C(=O)N(C6CCC(=O)NC6=O)C7=O)CC5)CC4)CC3)CC2)ccc1Nc1ncc(Cl)c(Nc2ccccc2N(C)S(C)(=O)=O)n1. The summed E-state index contributed by atoms with van der Waals surface area (Å²) in [6, 6.07) is 17.8. The molecule has 6 aliphatic rings. The second-order valence-electron chi connectivity index (χ2n) is 20.5. The summed E-state index contributed by atoms with van der Waals surface area (Å²) < 4.78 is 31.6. The van der Waals surface area contributed by atoms with Crippen molar-refractivity contribution in [3.05, 3.63) is 83.0 Å². The lowest BCUT2D eigenvalue weighted by Crippen LogP contribution is -2.55. The lowest BCUT2D eigenvalue weighted by Gasteiger charge is -2.44. The van der Waals surface area contributed by atoms with Gasteiger partial charge in [-0.05, 0) is 106 Å². The van der Waals surface area contributed by atoms with Crippen LogP contribution in [-0.2, 0) is 24.4 Å². The van der Waals surface area contributed by atoms with Crippen molar-refractivity contribution in [1.82, 2.24) is 34.9 Å². The predicted molar refractivity (Wildman–Crippen MR) is 287 cm³/mol. The van der Waals surface area contributed by atoms with E-state index in [9.17, 15) is 32.4 Å². The summed E-state index contributed by atoms with van der Waals surface area (Å²) in [6.07, 6.45) is 8.66. The van der Waals surface area contributed by atoms with Crippen LogP contribution in [0.2, 0.25) is 5.02 Å². The number of methoxy groups -OCH3 is 1. The molecule has 398 valence electrons. The van der Waals surface area contributed by atoms with E-state index in [-0.39, 0.29) is 29.7 Å². The molecule has 1 unspecified atom stereocenters. The third-order valence-corrected chi connectivity index (χ3v) is 17.5. The molecule has 0 spiro atoms. The number of para-hydroxylation sites is 2. The monoisotopic (exact) mass is 1060 g/mol. The van der Waals surface area contributed by atoms with Crippen molar-refractivity contribution in [2.45, 2.75) is 63.5 Å². The lowest BCUT2D eigenvalue weighted by molar-refractivity contribution is -0.139. The zero-order valence-corrected chi connectivity index (χ0v) is 44.2. The van der Waals surface area contributed by atoms with Crippen molar-refractivity contribution in [1.29, 1.82) is 0 Å². The summed E-state index contributed by atoms with van der Waals surface area (Å²) in [6.45, 7) is 9.63. The molecule has 5 saturated heterocycles. The highest BCUT2D eigenvalue weighted by Crippen LogP contribution is 2.37. The van der Waals surface area contributed by atoms with Crippen LogP contribution >= 0.6 is 11.6 Å². The normalized spacial score (nSPS) is 20.8. The molecule has 20 nitrogen and oxygen atoms in total. The number of piperazine rings is 1. The zero-order valence-electron chi connectivity index (χ0n) is 42.7. The van der Waals surface area contributed by atoms with Gasteiger partial charge in [0.1, 0.15) is 16.8 Å². The topological polar surface area (TPSA) is 213 Å². The maximum absolute atomic E-state index is 13.8. The maximum atomic E-state index is 13.8. The fraction of sp³-hybridized carbons (Fsp3) is 0.491. The number of anilines is 7. The third-order valence-electron chi connectivity index (χ3n) is 16.0. The van der Waals surface area contributed by atoms with Gasteiger partial charge >= 0.3 is 0 Å². The van der Waals surface area contributed by atoms with Crippen LogP contribution in [0.3, 0.4) is 0 Å². The van der Waals surface area contributed by atoms with Gasteiger partial charge in [0.25, 0.3) is 11.8 Å². The number of rotatable bonds is 14. The van der Waals surface area contributed by atoms with Crippen molar-refractivity contribution in [2.24, 2.45) is 11.8 Å². The highest BCUT2D eigenvalue weighted by Gasteiger charge is 2.45. The molecule has 5 amide bonds. The van der Waals surface area contributed by atoms with Crippen molar-refractivity contribution in [3.8, 4) is 5.75 Å². The average Bonchev–Trinajstić information content (AvgIpc) is 3.67. The number of aromatic nitrogens is 2. The van der Waals surface area contributed by atoms with Crippen LogP contribution in [0.4, 0.5) is 40.2 Å². The summed E-state index contributed by atoms with van der Waals surface area (Å²) in [5, 5.41) is 8.93. The molecule has 0 aliphatic carbocycles. The molecule has 75 heavy (non-hydrogen) atoms.